The Labute approximate surface area is 119 Å². The molecule has 3 heteroatoms. The van der Waals surface area contributed by atoms with Crippen LogP contribution in [0.2, 0.25) is 0 Å². The van der Waals surface area contributed by atoms with Crippen LogP contribution in [0.1, 0.15) is 73.6 Å². The van der Waals surface area contributed by atoms with Crippen LogP contribution in [0.3, 0.4) is 0 Å². The molecule has 1 aliphatic heterocycles. The topological polar surface area (TPSA) is 32.3 Å². The smallest absolute Gasteiger partial charge is 0.244 e. The van der Waals surface area contributed by atoms with Gasteiger partial charge in [-0.2, -0.15) is 0 Å². The van der Waals surface area contributed by atoms with Gasteiger partial charge in [0.2, 0.25) is 5.91 Å². The van der Waals surface area contributed by atoms with Crippen molar-refractivity contribution in [1.82, 2.24) is 10.2 Å². The highest BCUT2D eigenvalue weighted by molar-refractivity contribution is 5.88. The Bertz CT molecular complexity index is 299. The average molecular weight is 268 g/mol. The molecule has 0 aromatic rings. The molecule has 1 rings (SSSR count). The number of nitrogens with zero attached hydrogens (tertiary/aromatic N) is 1. The average Bonchev–Trinajstić information content (AvgIpc) is 2.64. The molecule has 1 saturated heterocycles. The van der Waals surface area contributed by atoms with E-state index >= 15 is 0 Å². The number of amides is 1. The van der Waals surface area contributed by atoms with E-state index in [4.69, 9.17) is 0 Å². The molecule has 112 valence electrons. The lowest BCUT2D eigenvalue weighted by Crippen LogP contribution is -2.47. The van der Waals surface area contributed by atoms with Crippen molar-refractivity contribution >= 4 is 5.91 Å². The molecule has 0 spiro atoms. The standard InChI is InChI=1S/C16H32N2O/c1-7-11-14-17-16(6,10-4)15(19)18(14)12(5)13(8-2)9-3/h12-14,17H,7-11H2,1-6H3. The van der Waals surface area contributed by atoms with E-state index in [0.717, 1.165) is 32.1 Å². The summed E-state index contributed by atoms with van der Waals surface area (Å²) < 4.78 is 0. The predicted octanol–water partition coefficient (Wildman–Crippen LogP) is 3.54. The summed E-state index contributed by atoms with van der Waals surface area (Å²) in [4.78, 5) is 14.9. The van der Waals surface area contributed by atoms with Crippen molar-refractivity contribution in [2.45, 2.75) is 91.4 Å². The summed E-state index contributed by atoms with van der Waals surface area (Å²) in [7, 11) is 0. The second-order valence-electron chi connectivity index (χ2n) is 6.16. The van der Waals surface area contributed by atoms with Crippen LogP contribution in [0.5, 0.6) is 0 Å². The molecule has 19 heavy (non-hydrogen) atoms. The van der Waals surface area contributed by atoms with E-state index in [9.17, 15) is 4.79 Å². The first-order valence-corrected chi connectivity index (χ1v) is 8.05. The van der Waals surface area contributed by atoms with Crippen LogP contribution in [0.25, 0.3) is 0 Å². The minimum Gasteiger partial charge on any atom is -0.323 e. The molecule has 0 aromatic heterocycles. The maximum absolute atomic E-state index is 12.8. The maximum Gasteiger partial charge on any atom is 0.244 e. The molecule has 3 atom stereocenters. The Morgan fingerprint density at radius 1 is 1.26 bits per heavy atom. The molecule has 1 fully saturated rings. The second-order valence-corrected chi connectivity index (χ2v) is 6.16. The Hall–Kier alpha value is -0.570. The lowest BCUT2D eigenvalue weighted by Gasteiger charge is -2.35. The Balaban J connectivity index is 2.96. The number of carbonyl (C=O) groups excluding carboxylic acids is 1. The first-order chi connectivity index (χ1) is 8.95. The zero-order valence-corrected chi connectivity index (χ0v) is 13.6. The van der Waals surface area contributed by atoms with Crippen LogP contribution in [-0.2, 0) is 4.79 Å². The Morgan fingerprint density at radius 3 is 2.26 bits per heavy atom. The fourth-order valence-electron chi connectivity index (χ4n) is 3.33. The molecule has 0 aliphatic carbocycles. The molecule has 0 bridgehead atoms. The number of hydrogen-bond donors (Lipinski definition) is 1. The van der Waals surface area contributed by atoms with Crippen molar-refractivity contribution in [3.8, 4) is 0 Å². The van der Waals surface area contributed by atoms with E-state index < -0.39 is 0 Å². The fourth-order valence-corrected chi connectivity index (χ4v) is 3.33. The molecule has 1 aliphatic rings. The van der Waals surface area contributed by atoms with Crippen molar-refractivity contribution in [2.75, 3.05) is 0 Å². The highest BCUT2D eigenvalue weighted by atomic mass is 16.2. The molecule has 1 heterocycles. The van der Waals surface area contributed by atoms with E-state index in [2.05, 4.69) is 51.8 Å². The number of rotatable bonds is 7. The van der Waals surface area contributed by atoms with Gasteiger partial charge >= 0.3 is 0 Å². The van der Waals surface area contributed by atoms with E-state index in [1.807, 2.05) is 0 Å². The summed E-state index contributed by atoms with van der Waals surface area (Å²) in [6.07, 6.45) is 5.52. The van der Waals surface area contributed by atoms with Gasteiger partial charge in [0.25, 0.3) is 0 Å². The van der Waals surface area contributed by atoms with Gasteiger partial charge in [-0.25, -0.2) is 0 Å². The quantitative estimate of drug-likeness (QED) is 0.766. The summed E-state index contributed by atoms with van der Waals surface area (Å²) in [5.74, 6) is 0.900. The molecule has 1 N–H and O–H groups in total. The van der Waals surface area contributed by atoms with Crippen molar-refractivity contribution in [1.29, 1.82) is 0 Å². The molecule has 3 nitrogen and oxygen atoms in total. The second kappa shape index (κ2) is 6.74. The van der Waals surface area contributed by atoms with E-state index in [1.54, 1.807) is 0 Å². The van der Waals surface area contributed by atoms with Crippen LogP contribution in [0, 0.1) is 5.92 Å². The maximum atomic E-state index is 12.8. The zero-order valence-electron chi connectivity index (χ0n) is 13.6. The van der Waals surface area contributed by atoms with Gasteiger partial charge in [0, 0.05) is 6.04 Å². The molecule has 1 amide bonds. The van der Waals surface area contributed by atoms with Crippen molar-refractivity contribution in [3.63, 3.8) is 0 Å². The van der Waals surface area contributed by atoms with E-state index in [1.165, 1.54) is 0 Å². The Kier molecular flexibility index (Phi) is 5.84. The fraction of sp³-hybridized carbons (Fsp3) is 0.938. The third-order valence-electron chi connectivity index (χ3n) is 4.97. The van der Waals surface area contributed by atoms with Gasteiger partial charge in [-0.15, -0.1) is 0 Å². The molecule has 0 aromatic carbocycles. The number of hydrogen-bond acceptors (Lipinski definition) is 2. The van der Waals surface area contributed by atoms with Gasteiger partial charge in [-0.1, -0.05) is 47.0 Å². The van der Waals surface area contributed by atoms with Crippen LogP contribution in [-0.4, -0.2) is 28.6 Å². The van der Waals surface area contributed by atoms with Crippen molar-refractivity contribution in [3.05, 3.63) is 0 Å². The van der Waals surface area contributed by atoms with Gasteiger partial charge in [0.1, 0.15) is 0 Å². The van der Waals surface area contributed by atoms with Crippen LogP contribution < -0.4 is 5.32 Å². The lowest BCUT2D eigenvalue weighted by atomic mass is 9.92. The van der Waals surface area contributed by atoms with Crippen LogP contribution in [0.4, 0.5) is 0 Å². The summed E-state index contributed by atoms with van der Waals surface area (Å²) in [6, 6.07) is 0.333. The minimum atomic E-state index is -0.361. The first-order valence-electron chi connectivity index (χ1n) is 8.05. The van der Waals surface area contributed by atoms with Gasteiger partial charge in [-0.05, 0) is 32.6 Å². The third kappa shape index (κ3) is 3.13. The molecular formula is C16H32N2O. The number of carbonyl (C=O) groups is 1. The lowest BCUT2D eigenvalue weighted by molar-refractivity contribution is -0.136. The monoisotopic (exact) mass is 268 g/mol. The van der Waals surface area contributed by atoms with E-state index in [0.29, 0.717) is 17.9 Å². The molecular weight excluding hydrogens is 236 g/mol. The third-order valence-corrected chi connectivity index (χ3v) is 4.97. The summed E-state index contributed by atoms with van der Waals surface area (Å²) in [5.41, 5.74) is -0.361. The molecule has 0 radical (unpaired) electrons. The summed E-state index contributed by atoms with van der Waals surface area (Å²) >= 11 is 0. The largest absolute Gasteiger partial charge is 0.323 e. The minimum absolute atomic E-state index is 0.220. The van der Waals surface area contributed by atoms with Gasteiger partial charge < -0.3 is 4.90 Å². The zero-order chi connectivity index (χ0) is 14.6. The predicted molar refractivity (Wildman–Crippen MR) is 80.9 cm³/mol. The molecule has 3 unspecified atom stereocenters. The van der Waals surface area contributed by atoms with Gasteiger partial charge in [0.05, 0.1) is 11.7 Å². The first kappa shape index (κ1) is 16.5. The normalized spacial score (nSPS) is 29.3. The Morgan fingerprint density at radius 2 is 1.84 bits per heavy atom. The summed E-state index contributed by atoms with van der Waals surface area (Å²) in [6.45, 7) is 13.0. The van der Waals surface area contributed by atoms with Crippen molar-refractivity contribution in [2.24, 2.45) is 5.92 Å². The van der Waals surface area contributed by atoms with Gasteiger partial charge in [-0.3, -0.25) is 10.1 Å². The van der Waals surface area contributed by atoms with E-state index in [-0.39, 0.29) is 11.7 Å². The van der Waals surface area contributed by atoms with Crippen LogP contribution >= 0.6 is 0 Å². The molecule has 0 saturated carbocycles. The van der Waals surface area contributed by atoms with Crippen molar-refractivity contribution < 1.29 is 4.79 Å². The number of nitrogens with one attached hydrogen (secondary N) is 1. The SMILES string of the molecule is CCCC1NC(C)(CC)C(=O)N1C(C)C(CC)CC. The highest BCUT2D eigenvalue weighted by Gasteiger charge is 2.48. The summed E-state index contributed by atoms with van der Waals surface area (Å²) in [5, 5.41) is 3.58. The highest BCUT2D eigenvalue weighted by Crippen LogP contribution is 2.31. The van der Waals surface area contributed by atoms with Gasteiger partial charge in [0.15, 0.2) is 0 Å². The van der Waals surface area contributed by atoms with Crippen LogP contribution in [0.15, 0.2) is 0 Å².